The molecule has 8 heteroatoms. The van der Waals surface area contributed by atoms with Gasteiger partial charge in [-0.1, -0.05) is 0 Å². The third kappa shape index (κ3) is 3.72. The second-order valence-electron chi connectivity index (χ2n) is 5.54. The van der Waals surface area contributed by atoms with Crippen molar-refractivity contribution in [2.24, 2.45) is 0 Å². The number of hydrogen-bond acceptors (Lipinski definition) is 7. The van der Waals surface area contributed by atoms with Crippen LogP contribution in [-0.2, 0) is 9.53 Å². The monoisotopic (exact) mass is 339 g/mol. The number of carbonyl (C=O) groups excluding carboxylic acids is 1. The number of nitrogens with one attached hydrogen (secondary N) is 3. The molecule has 1 aromatic rings. The zero-order valence-corrected chi connectivity index (χ0v) is 14.6. The van der Waals surface area contributed by atoms with Crippen LogP contribution in [-0.4, -0.2) is 53.2 Å². The molecule has 1 amide bonds. The first-order valence-electron chi connectivity index (χ1n) is 7.65. The van der Waals surface area contributed by atoms with Crippen molar-refractivity contribution in [1.29, 1.82) is 0 Å². The van der Waals surface area contributed by atoms with E-state index in [4.69, 9.17) is 18.9 Å². The number of carbonyl (C=O) groups is 1. The molecule has 0 spiro atoms. The van der Waals surface area contributed by atoms with Crippen LogP contribution in [0.1, 0.15) is 18.4 Å². The molecule has 2 rings (SSSR count). The highest BCUT2D eigenvalue weighted by Crippen LogP contribution is 2.41. The second kappa shape index (κ2) is 8.18. The summed E-state index contributed by atoms with van der Waals surface area (Å²) >= 11 is 0. The largest absolute Gasteiger partial charge is 0.493 e. The Morgan fingerprint density at radius 1 is 1.08 bits per heavy atom. The van der Waals surface area contributed by atoms with Crippen molar-refractivity contribution in [3.8, 4) is 17.2 Å². The summed E-state index contributed by atoms with van der Waals surface area (Å²) in [5.41, 5.74) is 7.20. The summed E-state index contributed by atoms with van der Waals surface area (Å²) in [4.78, 5) is 11.9. The Morgan fingerprint density at radius 3 is 2.21 bits per heavy atom. The second-order valence-corrected chi connectivity index (χ2v) is 5.54. The van der Waals surface area contributed by atoms with Crippen LogP contribution < -0.4 is 30.4 Å². The van der Waals surface area contributed by atoms with Crippen LogP contribution in [0.2, 0.25) is 0 Å². The number of hydrazine groups is 1. The molecule has 1 aromatic carbocycles. The standard InChI is InChI=1S/C16H25N3O5/c1-9-14(16(19-18-9)17-13(20)8-21-2)10-6-11(22-3)15(24-5)12(7-10)23-4/h6-7,9,14,16,18-19H,8H2,1-5H3,(H,17,20). The van der Waals surface area contributed by atoms with Gasteiger partial charge in [-0.3, -0.25) is 10.2 Å². The van der Waals surface area contributed by atoms with Gasteiger partial charge in [-0.25, -0.2) is 5.43 Å². The van der Waals surface area contributed by atoms with Gasteiger partial charge < -0.3 is 24.3 Å². The summed E-state index contributed by atoms with van der Waals surface area (Å²) < 4.78 is 21.1. The van der Waals surface area contributed by atoms with Crippen LogP contribution in [0, 0.1) is 0 Å². The highest BCUT2D eigenvalue weighted by Gasteiger charge is 2.36. The topological polar surface area (TPSA) is 90.1 Å². The fourth-order valence-electron chi connectivity index (χ4n) is 2.94. The van der Waals surface area contributed by atoms with Gasteiger partial charge >= 0.3 is 0 Å². The Hall–Kier alpha value is -2.03. The SMILES string of the molecule is COCC(=O)NC1NNC(C)C1c1cc(OC)c(OC)c(OC)c1. The molecular weight excluding hydrogens is 314 g/mol. The Bertz CT molecular complexity index is 556. The predicted octanol–water partition coefficient (Wildman–Crippen LogP) is 0.381. The number of amides is 1. The minimum absolute atomic E-state index is 0.00847. The lowest BCUT2D eigenvalue weighted by atomic mass is 9.90. The molecule has 1 saturated heterocycles. The third-order valence-electron chi connectivity index (χ3n) is 4.03. The predicted molar refractivity (Wildman–Crippen MR) is 88.4 cm³/mol. The maximum Gasteiger partial charge on any atom is 0.247 e. The quantitative estimate of drug-likeness (QED) is 0.662. The van der Waals surface area contributed by atoms with Crippen LogP contribution in [0.3, 0.4) is 0 Å². The molecule has 1 aliphatic rings. The summed E-state index contributed by atoms with van der Waals surface area (Å²) in [6.45, 7) is 2.04. The lowest BCUT2D eigenvalue weighted by Crippen LogP contribution is -2.47. The summed E-state index contributed by atoms with van der Waals surface area (Å²) in [5, 5.41) is 2.91. The van der Waals surface area contributed by atoms with E-state index in [2.05, 4.69) is 16.2 Å². The highest BCUT2D eigenvalue weighted by atomic mass is 16.5. The van der Waals surface area contributed by atoms with Gasteiger partial charge in [-0.05, 0) is 24.6 Å². The fraction of sp³-hybridized carbons (Fsp3) is 0.562. The third-order valence-corrected chi connectivity index (χ3v) is 4.03. The minimum atomic E-state index is -0.287. The van der Waals surface area contributed by atoms with E-state index in [-0.39, 0.29) is 30.6 Å². The van der Waals surface area contributed by atoms with Crippen LogP contribution in [0.25, 0.3) is 0 Å². The van der Waals surface area contributed by atoms with Gasteiger partial charge in [-0.2, -0.15) is 0 Å². The maximum absolute atomic E-state index is 11.9. The fourth-order valence-corrected chi connectivity index (χ4v) is 2.94. The van der Waals surface area contributed by atoms with Crippen LogP contribution in [0.5, 0.6) is 17.2 Å². The number of benzene rings is 1. The lowest BCUT2D eigenvalue weighted by molar-refractivity contribution is -0.125. The van der Waals surface area contributed by atoms with Crippen molar-refractivity contribution in [3.05, 3.63) is 17.7 Å². The van der Waals surface area contributed by atoms with Crippen molar-refractivity contribution in [2.45, 2.75) is 25.0 Å². The zero-order valence-electron chi connectivity index (χ0n) is 14.6. The molecule has 3 atom stereocenters. The van der Waals surface area contributed by atoms with Gasteiger partial charge in [0.25, 0.3) is 0 Å². The number of ether oxygens (including phenoxy) is 4. The lowest BCUT2D eigenvalue weighted by Gasteiger charge is -2.24. The molecule has 1 fully saturated rings. The molecule has 0 aliphatic carbocycles. The molecule has 0 radical (unpaired) electrons. The Kier molecular flexibility index (Phi) is 6.24. The summed E-state index contributed by atoms with van der Waals surface area (Å²) in [7, 11) is 6.20. The smallest absolute Gasteiger partial charge is 0.247 e. The molecule has 134 valence electrons. The zero-order chi connectivity index (χ0) is 17.7. The number of methoxy groups -OCH3 is 4. The van der Waals surface area contributed by atoms with Crippen molar-refractivity contribution < 1.29 is 23.7 Å². The van der Waals surface area contributed by atoms with Crippen molar-refractivity contribution >= 4 is 5.91 Å². The molecule has 24 heavy (non-hydrogen) atoms. The van der Waals surface area contributed by atoms with Gasteiger partial charge in [0.15, 0.2) is 11.5 Å². The van der Waals surface area contributed by atoms with Crippen molar-refractivity contribution in [3.63, 3.8) is 0 Å². The molecule has 0 saturated carbocycles. The molecule has 8 nitrogen and oxygen atoms in total. The minimum Gasteiger partial charge on any atom is -0.493 e. The van der Waals surface area contributed by atoms with E-state index in [1.165, 1.54) is 7.11 Å². The summed E-state index contributed by atoms with van der Waals surface area (Å²) in [6.07, 6.45) is -0.287. The first-order chi connectivity index (χ1) is 11.5. The Labute approximate surface area is 141 Å². The van der Waals surface area contributed by atoms with Gasteiger partial charge in [0.2, 0.25) is 11.7 Å². The van der Waals surface area contributed by atoms with Crippen LogP contribution in [0.15, 0.2) is 12.1 Å². The molecule has 1 heterocycles. The van der Waals surface area contributed by atoms with E-state index in [0.29, 0.717) is 17.2 Å². The van der Waals surface area contributed by atoms with E-state index < -0.39 is 0 Å². The number of rotatable bonds is 7. The molecule has 0 bridgehead atoms. The van der Waals surface area contributed by atoms with Gasteiger partial charge in [0.1, 0.15) is 12.8 Å². The van der Waals surface area contributed by atoms with Gasteiger partial charge in [0.05, 0.1) is 21.3 Å². The first kappa shape index (κ1) is 18.3. The molecule has 1 aliphatic heterocycles. The average Bonchev–Trinajstić information content (AvgIpc) is 2.93. The average molecular weight is 339 g/mol. The summed E-state index contributed by atoms with van der Waals surface area (Å²) in [5.74, 6) is 1.47. The molecule has 3 N–H and O–H groups in total. The van der Waals surface area contributed by atoms with Crippen molar-refractivity contribution in [1.82, 2.24) is 16.2 Å². The molecule has 0 aromatic heterocycles. The van der Waals surface area contributed by atoms with E-state index in [1.54, 1.807) is 21.3 Å². The molecular formula is C16H25N3O5. The highest BCUT2D eigenvalue weighted by molar-refractivity contribution is 5.77. The van der Waals surface area contributed by atoms with E-state index in [9.17, 15) is 4.79 Å². The van der Waals surface area contributed by atoms with Gasteiger partial charge in [0, 0.05) is 19.1 Å². The van der Waals surface area contributed by atoms with Crippen LogP contribution >= 0.6 is 0 Å². The first-order valence-corrected chi connectivity index (χ1v) is 7.65. The Morgan fingerprint density at radius 2 is 1.71 bits per heavy atom. The maximum atomic E-state index is 11.9. The van der Waals surface area contributed by atoms with E-state index in [0.717, 1.165) is 5.56 Å². The van der Waals surface area contributed by atoms with Gasteiger partial charge in [-0.15, -0.1) is 0 Å². The number of hydrogen-bond donors (Lipinski definition) is 3. The Balaban J connectivity index is 2.34. The van der Waals surface area contributed by atoms with E-state index >= 15 is 0 Å². The van der Waals surface area contributed by atoms with Crippen LogP contribution in [0.4, 0.5) is 0 Å². The van der Waals surface area contributed by atoms with Crippen molar-refractivity contribution in [2.75, 3.05) is 35.0 Å². The summed E-state index contributed by atoms with van der Waals surface area (Å²) in [6, 6.07) is 3.87. The normalized spacial score (nSPS) is 23.0. The molecule has 3 unspecified atom stereocenters. The van der Waals surface area contributed by atoms with E-state index in [1.807, 2.05) is 19.1 Å².